The number of fused-ring (bicyclic) bond motifs is 1. The van der Waals surface area contributed by atoms with Crippen LogP contribution in [0.2, 0.25) is 0 Å². The van der Waals surface area contributed by atoms with E-state index in [2.05, 4.69) is 17.2 Å². The van der Waals surface area contributed by atoms with Crippen LogP contribution in [0.1, 0.15) is 37.8 Å². The molecule has 0 amide bonds. The number of nitrogens with zero attached hydrogens (tertiary/aromatic N) is 2. The molecule has 142 valence electrons. The lowest BCUT2D eigenvalue weighted by molar-refractivity contribution is 0.538. The van der Waals surface area contributed by atoms with E-state index in [1.807, 2.05) is 49.4 Å². The first-order valence-corrected chi connectivity index (χ1v) is 10.8. The van der Waals surface area contributed by atoms with Gasteiger partial charge in [0.2, 0.25) is 10.0 Å². The van der Waals surface area contributed by atoms with E-state index in [0.717, 1.165) is 40.3 Å². The third kappa shape index (κ3) is 3.51. The van der Waals surface area contributed by atoms with Crippen molar-refractivity contribution >= 4 is 32.5 Å². The van der Waals surface area contributed by atoms with Crippen LogP contribution in [0.3, 0.4) is 0 Å². The molecule has 1 aliphatic heterocycles. The summed E-state index contributed by atoms with van der Waals surface area (Å²) in [6, 6.07) is 13.6. The summed E-state index contributed by atoms with van der Waals surface area (Å²) in [5, 5.41) is 3.47. The Hall–Kier alpha value is -2.54. The number of sulfonamides is 1. The summed E-state index contributed by atoms with van der Waals surface area (Å²) in [6.45, 7) is 4.62. The maximum atomic E-state index is 12.2. The van der Waals surface area contributed by atoms with Crippen molar-refractivity contribution in [1.29, 1.82) is 0 Å². The van der Waals surface area contributed by atoms with E-state index in [-0.39, 0.29) is 11.8 Å². The molecule has 1 aliphatic rings. The molecular formula is C20H23N3O3S. The second kappa shape index (κ2) is 6.88. The Balaban J connectivity index is 1.56. The maximum absolute atomic E-state index is 12.2. The first-order valence-electron chi connectivity index (χ1n) is 9.22. The van der Waals surface area contributed by atoms with Crippen LogP contribution in [-0.2, 0) is 16.4 Å². The molecule has 0 radical (unpaired) electrons. The van der Waals surface area contributed by atoms with Gasteiger partial charge in [-0.05, 0) is 49.2 Å². The minimum absolute atomic E-state index is 0.0188. The average Bonchev–Trinajstić information content (AvgIpc) is 3.23. The normalized spacial score (nSPS) is 17.3. The van der Waals surface area contributed by atoms with E-state index in [1.54, 1.807) is 0 Å². The Morgan fingerprint density at radius 3 is 2.85 bits per heavy atom. The first kappa shape index (κ1) is 17.9. The number of rotatable bonds is 5. The molecule has 7 heteroatoms. The number of benzene rings is 2. The summed E-state index contributed by atoms with van der Waals surface area (Å²) >= 11 is 0. The number of hydrogen-bond acceptors (Lipinski definition) is 5. The van der Waals surface area contributed by atoms with Gasteiger partial charge in [0.1, 0.15) is 5.52 Å². The second-order valence-corrected chi connectivity index (χ2v) is 8.86. The second-order valence-electron chi connectivity index (χ2n) is 6.85. The molecule has 0 spiro atoms. The van der Waals surface area contributed by atoms with Crippen LogP contribution in [0.5, 0.6) is 0 Å². The van der Waals surface area contributed by atoms with Crippen molar-refractivity contribution in [1.82, 2.24) is 4.98 Å². The molecule has 1 saturated heterocycles. The molecule has 1 aromatic heterocycles. The monoisotopic (exact) mass is 385 g/mol. The maximum Gasteiger partial charge on any atom is 0.235 e. The number of hydrogen-bond donors (Lipinski definition) is 1. The van der Waals surface area contributed by atoms with E-state index < -0.39 is 10.0 Å². The number of aryl methyl sites for hydroxylation is 1. The van der Waals surface area contributed by atoms with Gasteiger partial charge in [-0.15, -0.1) is 0 Å². The number of oxazole rings is 1. The van der Waals surface area contributed by atoms with Crippen LogP contribution < -0.4 is 9.62 Å². The van der Waals surface area contributed by atoms with Gasteiger partial charge in [-0.3, -0.25) is 4.31 Å². The van der Waals surface area contributed by atoms with Gasteiger partial charge < -0.3 is 9.73 Å². The lowest BCUT2D eigenvalue weighted by Crippen LogP contribution is -2.25. The first-order chi connectivity index (χ1) is 13.0. The molecular weight excluding hydrogens is 362 g/mol. The van der Waals surface area contributed by atoms with Gasteiger partial charge >= 0.3 is 0 Å². The van der Waals surface area contributed by atoms with Crippen molar-refractivity contribution in [3.8, 4) is 0 Å². The fraction of sp³-hybridized carbons (Fsp3) is 0.350. The van der Waals surface area contributed by atoms with Gasteiger partial charge in [-0.1, -0.05) is 19.1 Å². The van der Waals surface area contributed by atoms with Crippen LogP contribution in [-0.4, -0.2) is 25.7 Å². The fourth-order valence-corrected chi connectivity index (χ4v) is 4.98. The SMILES string of the molecule is CCc1nc2cc(NC(C)c3cccc(N4CCCS4(=O)=O)c3)ccc2o1. The predicted octanol–water partition coefficient (Wildman–Crippen LogP) is 4.10. The van der Waals surface area contributed by atoms with Crippen LogP contribution in [0.25, 0.3) is 11.1 Å². The quantitative estimate of drug-likeness (QED) is 0.715. The van der Waals surface area contributed by atoms with Gasteiger partial charge in [-0.25, -0.2) is 13.4 Å². The van der Waals surface area contributed by atoms with Crippen molar-refractivity contribution in [3.63, 3.8) is 0 Å². The fourth-order valence-electron chi connectivity index (χ4n) is 3.43. The lowest BCUT2D eigenvalue weighted by atomic mass is 10.1. The molecule has 2 heterocycles. The Kier molecular flexibility index (Phi) is 4.55. The highest BCUT2D eigenvalue weighted by Gasteiger charge is 2.28. The Morgan fingerprint density at radius 1 is 1.26 bits per heavy atom. The van der Waals surface area contributed by atoms with Gasteiger partial charge in [0.15, 0.2) is 11.5 Å². The van der Waals surface area contributed by atoms with E-state index in [9.17, 15) is 8.42 Å². The third-order valence-corrected chi connectivity index (χ3v) is 6.74. The molecule has 27 heavy (non-hydrogen) atoms. The molecule has 4 rings (SSSR count). The van der Waals surface area contributed by atoms with Crippen molar-refractivity contribution in [2.24, 2.45) is 0 Å². The van der Waals surface area contributed by atoms with Crippen LogP contribution in [0, 0.1) is 0 Å². The number of nitrogens with one attached hydrogen (secondary N) is 1. The molecule has 2 aromatic carbocycles. The molecule has 3 aromatic rings. The largest absolute Gasteiger partial charge is 0.441 e. The van der Waals surface area contributed by atoms with Gasteiger partial charge in [0, 0.05) is 24.7 Å². The van der Waals surface area contributed by atoms with Crippen LogP contribution in [0.15, 0.2) is 46.9 Å². The van der Waals surface area contributed by atoms with Crippen molar-refractivity contribution in [3.05, 3.63) is 53.9 Å². The highest BCUT2D eigenvalue weighted by Crippen LogP contribution is 2.29. The van der Waals surface area contributed by atoms with Crippen LogP contribution in [0.4, 0.5) is 11.4 Å². The summed E-state index contributed by atoms with van der Waals surface area (Å²) in [5.41, 5.74) is 4.33. The van der Waals surface area contributed by atoms with E-state index in [1.165, 1.54) is 4.31 Å². The Bertz CT molecular complexity index is 1080. The average molecular weight is 385 g/mol. The summed E-state index contributed by atoms with van der Waals surface area (Å²) in [7, 11) is -3.17. The Labute approximate surface area is 159 Å². The number of anilines is 2. The standard InChI is InChI=1S/C20H23N3O3S/c1-3-20-22-18-13-16(8-9-19(18)26-20)21-14(2)15-6-4-7-17(12-15)23-10-5-11-27(23,24)25/h4,6-9,12-14,21H,3,5,10-11H2,1-2H3. The van der Waals surface area contributed by atoms with Crippen molar-refractivity contribution in [2.45, 2.75) is 32.7 Å². The van der Waals surface area contributed by atoms with Gasteiger partial charge in [-0.2, -0.15) is 0 Å². The lowest BCUT2D eigenvalue weighted by Gasteiger charge is -2.20. The third-order valence-electron chi connectivity index (χ3n) is 4.87. The molecule has 1 fully saturated rings. The molecule has 1 atom stereocenters. The van der Waals surface area contributed by atoms with Gasteiger partial charge in [0.05, 0.1) is 11.4 Å². The molecule has 0 bridgehead atoms. The molecule has 0 aliphatic carbocycles. The zero-order chi connectivity index (χ0) is 19.0. The summed E-state index contributed by atoms with van der Waals surface area (Å²) < 4.78 is 31.5. The minimum atomic E-state index is -3.17. The van der Waals surface area contributed by atoms with E-state index in [4.69, 9.17) is 4.42 Å². The molecule has 6 nitrogen and oxygen atoms in total. The summed E-state index contributed by atoms with van der Waals surface area (Å²) in [4.78, 5) is 4.47. The smallest absolute Gasteiger partial charge is 0.235 e. The van der Waals surface area contributed by atoms with Crippen molar-refractivity contribution in [2.75, 3.05) is 21.9 Å². The van der Waals surface area contributed by atoms with Crippen molar-refractivity contribution < 1.29 is 12.8 Å². The topological polar surface area (TPSA) is 75.4 Å². The zero-order valence-electron chi connectivity index (χ0n) is 15.5. The molecule has 0 saturated carbocycles. The summed E-state index contributed by atoms with van der Waals surface area (Å²) in [6.07, 6.45) is 1.44. The minimum Gasteiger partial charge on any atom is -0.441 e. The highest BCUT2D eigenvalue weighted by molar-refractivity contribution is 7.93. The molecule has 1 unspecified atom stereocenters. The zero-order valence-corrected chi connectivity index (χ0v) is 16.3. The summed E-state index contributed by atoms with van der Waals surface area (Å²) in [5.74, 6) is 0.956. The Morgan fingerprint density at radius 2 is 2.11 bits per heavy atom. The van der Waals surface area contributed by atoms with E-state index in [0.29, 0.717) is 13.0 Å². The predicted molar refractivity (Wildman–Crippen MR) is 108 cm³/mol. The highest BCUT2D eigenvalue weighted by atomic mass is 32.2. The van der Waals surface area contributed by atoms with Gasteiger partial charge in [0.25, 0.3) is 0 Å². The van der Waals surface area contributed by atoms with Crippen LogP contribution >= 0.6 is 0 Å². The number of aromatic nitrogens is 1. The molecule has 1 N–H and O–H groups in total. The van der Waals surface area contributed by atoms with E-state index >= 15 is 0 Å².